The quantitative estimate of drug-likeness (QED) is 0.792. The highest BCUT2D eigenvalue weighted by Gasteiger charge is 2.45. The number of alkyl halides is 2. The fourth-order valence-corrected chi connectivity index (χ4v) is 2.24. The van der Waals surface area contributed by atoms with Crippen LogP contribution >= 0.6 is 0 Å². The Balaban J connectivity index is 1.80. The first-order valence-electron chi connectivity index (χ1n) is 6.89. The van der Waals surface area contributed by atoms with Gasteiger partial charge in [0.25, 0.3) is 0 Å². The van der Waals surface area contributed by atoms with Crippen molar-refractivity contribution < 1.29 is 27.8 Å². The summed E-state index contributed by atoms with van der Waals surface area (Å²) in [7, 11) is 0. The molecule has 8 heteroatoms. The smallest absolute Gasteiger partial charge is 0.410 e. The van der Waals surface area contributed by atoms with Crippen molar-refractivity contribution in [3.05, 3.63) is 0 Å². The molecule has 0 aromatic rings. The van der Waals surface area contributed by atoms with Crippen LogP contribution in [0.15, 0.2) is 0 Å². The molecule has 0 radical (unpaired) electrons. The number of carbonyl (C=O) groups is 2. The molecule has 2 aliphatic heterocycles. The molecule has 2 heterocycles. The summed E-state index contributed by atoms with van der Waals surface area (Å²) in [5.74, 6) is -0.235. The van der Waals surface area contributed by atoms with Gasteiger partial charge in [-0.25, -0.2) is 4.79 Å². The molecule has 2 saturated heterocycles. The van der Waals surface area contributed by atoms with Gasteiger partial charge in [0.15, 0.2) is 0 Å². The lowest BCUT2D eigenvalue weighted by Crippen LogP contribution is -2.65. The molecule has 0 saturated carbocycles. The van der Waals surface area contributed by atoms with Crippen LogP contribution in [0.25, 0.3) is 0 Å². The molecule has 2 rings (SSSR count). The van der Waals surface area contributed by atoms with Crippen LogP contribution in [0.2, 0.25) is 0 Å². The van der Waals surface area contributed by atoms with Gasteiger partial charge in [0.2, 0.25) is 5.91 Å². The molecule has 0 aliphatic carbocycles. The first-order chi connectivity index (χ1) is 9.67. The van der Waals surface area contributed by atoms with E-state index >= 15 is 0 Å². The molecule has 0 bridgehead atoms. The Morgan fingerprint density at radius 1 is 1.24 bits per heavy atom. The summed E-state index contributed by atoms with van der Waals surface area (Å²) in [6.45, 7) is 3.18. The van der Waals surface area contributed by atoms with Gasteiger partial charge in [0, 0.05) is 19.6 Å². The Morgan fingerprint density at radius 2 is 1.86 bits per heavy atom. The van der Waals surface area contributed by atoms with Gasteiger partial charge in [-0.05, 0) is 27.2 Å². The number of ether oxygens (including phenoxy) is 2. The van der Waals surface area contributed by atoms with Crippen molar-refractivity contribution >= 4 is 12.0 Å². The summed E-state index contributed by atoms with van der Waals surface area (Å²) < 4.78 is 33.5. The van der Waals surface area contributed by atoms with Gasteiger partial charge >= 0.3 is 12.7 Å². The number of nitrogens with zero attached hydrogens (tertiary/aromatic N) is 2. The minimum atomic E-state index is -2.82. The molecule has 0 spiro atoms. The molecule has 0 aromatic carbocycles. The minimum Gasteiger partial charge on any atom is -0.444 e. The first-order valence-corrected chi connectivity index (χ1v) is 6.89. The normalized spacial score (nSPS) is 22.9. The average Bonchev–Trinajstić information content (AvgIpc) is 2.17. The molecular weight excluding hydrogens is 286 g/mol. The summed E-state index contributed by atoms with van der Waals surface area (Å²) in [5, 5.41) is 0. The fourth-order valence-electron chi connectivity index (χ4n) is 2.24. The minimum absolute atomic E-state index is 0.141. The molecular formula is C13H20F2N2O4. The molecule has 2 fully saturated rings. The second-order valence-electron chi connectivity index (χ2n) is 6.24. The van der Waals surface area contributed by atoms with E-state index in [1.807, 2.05) is 0 Å². The predicted octanol–water partition coefficient (Wildman–Crippen LogP) is 1.45. The summed E-state index contributed by atoms with van der Waals surface area (Å²) in [4.78, 5) is 26.9. The molecule has 1 atom stereocenters. The van der Waals surface area contributed by atoms with E-state index in [1.54, 1.807) is 20.8 Å². The third-order valence-electron chi connectivity index (χ3n) is 3.39. The van der Waals surface area contributed by atoms with Crippen LogP contribution in [0, 0.1) is 0 Å². The van der Waals surface area contributed by atoms with Crippen LogP contribution in [0.1, 0.15) is 27.2 Å². The van der Waals surface area contributed by atoms with Gasteiger partial charge in [-0.2, -0.15) is 8.78 Å². The number of hydrogen-bond acceptors (Lipinski definition) is 4. The van der Waals surface area contributed by atoms with E-state index in [-0.39, 0.29) is 19.0 Å². The van der Waals surface area contributed by atoms with Gasteiger partial charge in [-0.15, -0.1) is 0 Å². The van der Waals surface area contributed by atoms with E-state index in [4.69, 9.17) is 4.74 Å². The van der Waals surface area contributed by atoms with Crippen LogP contribution in [-0.4, -0.2) is 65.8 Å². The van der Waals surface area contributed by atoms with Gasteiger partial charge in [-0.1, -0.05) is 0 Å². The van der Waals surface area contributed by atoms with E-state index < -0.39 is 30.5 Å². The number of halogens is 2. The summed E-state index contributed by atoms with van der Waals surface area (Å²) in [6.07, 6.45) is -0.577. The van der Waals surface area contributed by atoms with E-state index in [2.05, 4.69) is 4.74 Å². The summed E-state index contributed by atoms with van der Waals surface area (Å²) in [5.41, 5.74) is -0.618. The van der Waals surface area contributed by atoms with Gasteiger partial charge in [0.05, 0.1) is 6.10 Å². The van der Waals surface area contributed by atoms with Gasteiger partial charge in [0.1, 0.15) is 11.6 Å². The molecule has 0 N–H and O–H groups in total. The Kier molecular flexibility index (Phi) is 4.36. The number of carbonyl (C=O) groups excluding carboxylic acids is 2. The second kappa shape index (κ2) is 5.75. The van der Waals surface area contributed by atoms with Crippen molar-refractivity contribution in [3.8, 4) is 0 Å². The lowest BCUT2D eigenvalue weighted by Gasteiger charge is -2.46. The van der Waals surface area contributed by atoms with Crippen molar-refractivity contribution in [1.29, 1.82) is 0 Å². The molecule has 2 amide bonds. The molecule has 120 valence electrons. The van der Waals surface area contributed by atoms with Gasteiger partial charge in [-0.3, -0.25) is 9.69 Å². The molecule has 0 aromatic heterocycles. The summed E-state index contributed by atoms with van der Waals surface area (Å²) >= 11 is 0. The average molecular weight is 306 g/mol. The van der Waals surface area contributed by atoms with Crippen LogP contribution in [0.3, 0.4) is 0 Å². The Morgan fingerprint density at radius 3 is 2.29 bits per heavy atom. The Bertz CT molecular complexity index is 419. The van der Waals surface area contributed by atoms with Crippen LogP contribution in [-0.2, 0) is 14.3 Å². The van der Waals surface area contributed by atoms with Crippen molar-refractivity contribution in [1.82, 2.24) is 9.80 Å². The number of likely N-dealkylation sites (tertiary alicyclic amines) is 2. The number of amides is 2. The van der Waals surface area contributed by atoms with Crippen LogP contribution in [0.4, 0.5) is 13.6 Å². The lowest BCUT2D eigenvalue weighted by atomic mass is 10.00. The van der Waals surface area contributed by atoms with Crippen molar-refractivity contribution in [2.45, 2.75) is 51.6 Å². The highest BCUT2D eigenvalue weighted by Crippen LogP contribution is 2.25. The third kappa shape index (κ3) is 3.81. The first kappa shape index (κ1) is 15.9. The highest BCUT2D eigenvalue weighted by atomic mass is 19.3. The maximum absolute atomic E-state index is 12.2. The Labute approximate surface area is 122 Å². The van der Waals surface area contributed by atoms with Gasteiger partial charge < -0.3 is 14.4 Å². The van der Waals surface area contributed by atoms with Crippen LogP contribution in [0.5, 0.6) is 0 Å². The van der Waals surface area contributed by atoms with E-state index in [0.29, 0.717) is 13.0 Å². The predicted molar refractivity (Wildman–Crippen MR) is 68.8 cm³/mol. The zero-order chi connectivity index (χ0) is 15.8. The lowest BCUT2D eigenvalue weighted by molar-refractivity contribution is -0.201. The molecule has 0 unspecified atom stereocenters. The molecule has 2 aliphatic rings. The topological polar surface area (TPSA) is 59.1 Å². The zero-order valence-electron chi connectivity index (χ0n) is 12.3. The molecule has 21 heavy (non-hydrogen) atoms. The maximum Gasteiger partial charge on any atom is 0.410 e. The SMILES string of the molecule is CC(C)(C)OC(=O)N1CC[C@@H]1C(=O)N1CC(OC(F)F)C1. The number of hydrogen-bond donors (Lipinski definition) is 0. The van der Waals surface area contributed by atoms with E-state index in [0.717, 1.165) is 0 Å². The van der Waals surface area contributed by atoms with E-state index in [9.17, 15) is 18.4 Å². The molecule has 6 nitrogen and oxygen atoms in total. The second-order valence-corrected chi connectivity index (χ2v) is 6.24. The third-order valence-corrected chi connectivity index (χ3v) is 3.39. The summed E-state index contributed by atoms with van der Waals surface area (Å²) in [6, 6.07) is -0.549. The largest absolute Gasteiger partial charge is 0.444 e. The maximum atomic E-state index is 12.2. The van der Waals surface area contributed by atoms with Crippen molar-refractivity contribution in [3.63, 3.8) is 0 Å². The fraction of sp³-hybridized carbons (Fsp3) is 0.846. The Hall–Kier alpha value is -1.44. The van der Waals surface area contributed by atoms with Crippen molar-refractivity contribution in [2.75, 3.05) is 19.6 Å². The zero-order valence-corrected chi connectivity index (χ0v) is 12.3. The van der Waals surface area contributed by atoms with E-state index in [1.165, 1.54) is 9.80 Å². The standard InChI is InChI=1S/C13H20F2N2O4/c1-13(2,3)21-12(19)17-5-4-9(17)10(18)16-6-8(7-16)20-11(14)15/h8-9,11H,4-7H2,1-3H3/t9-/m1/s1. The van der Waals surface area contributed by atoms with Crippen molar-refractivity contribution in [2.24, 2.45) is 0 Å². The monoisotopic (exact) mass is 306 g/mol. The number of rotatable bonds is 3. The highest BCUT2D eigenvalue weighted by molar-refractivity contribution is 5.88. The van der Waals surface area contributed by atoms with Crippen LogP contribution < -0.4 is 0 Å².